The molecule has 0 saturated carbocycles. The van der Waals surface area contributed by atoms with Crippen LogP contribution in [0, 0.1) is 5.92 Å². The van der Waals surface area contributed by atoms with Gasteiger partial charge in [-0.3, -0.25) is 4.90 Å². The maximum absolute atomic E-state index is 6.31. The van der Waals surface area contributed by atoms with Gasteiger partial charge in [0.15, 0.2) is 0 Å². The summed E-state index contributed by atoms with van der Waals surface area (Å²) in [6.45, 7) is 13.0. The molecule has 0 amide bonds. The second kappa shape index (κ2) is 7.24. The van der Waals surface area contributed by atoms with Crippen LogP contribution in [0.1, 0.15) is 59.3 Å². The van der Waals surface area contributed by atoms with Crippen LogP contribution in [-0.4, -0.2) is 54.1 Å². The summed E-state index contributed by atoms with van der Waals surface area (Å²) < 4.78 is 0. The van der Waals surface area contributed by atoms with Crippen molar-refractivity contribution >= 4 is 0 Å². The number of hydrogen-bond acceptors (Lipinski definition) is 3. The molecule has 0 spiro atoms. The lowest BCUT2D eigenvalue weighted by molar-refractivity contribution is -0.00462. The molecule has 3 unspecified atom stereocenters. The fraction of sp³-hybridized carbons (Fsp3) is 1.00. The zero-order valence-corrected chi connectivity index (χ0v) is 13.9. The molecule has 2 heterocycles. The first-order valence-corrected chi connectivity index (χ1v) is 8.82. The summed E-state index contributed by atoms with van der Waals surface area (Å²) >= 11 is 0. The third kappa shape index (κ3) is 3.37. The summed E-state index contributed by atoms with van der Waals surface area (Å²) in [5, 5.41) is 0. The summed E-state index contributed by atoms with van der Waals surface area (Å²) in [7, 11) is 0. The number of piperidine rings is 1. The normalized spacial score (nSPS) is 37.8. The van der Waals surface area contributed by atoms with Crippen LogP contribution in [0.4, 0.5) is 0 Å². The van der Waals surface area contributed by atoms with E-state index in [0.717, 1.165) is 12.5 Å². The van der Waals surface area contributed by atoms with E-state index in [1.54, 1.807) is 0 Å². The van der Waals surface area contributed by atoms with Crippen LogP contribution in [0.3, 0.4) is 0 Å². The monoisotopic (exact) mass is 281 g/mol. The first-order chi connectivity index (χ1) is 9.63. The Kier molecular flexibility index (Phi) is 5.88. The molecule has 20 heavy (non-hydrogen) atoms. The molecule has 0 radical (unpaired) electrons. The zero-order valence-electron chi connectivity index (χ0n) is 13.9. The Labute approximate surface area is 125 Å². The van der Waals surface area contributed by atoms with Crippen LogP contribution in [0.5, 0.6) is 0 Å². The number of nitrogens with zero attached hydrogens (tertiary/aromatic N) is 2. The average Bonchev–Trinajstić information content (AvgIpc) is 2.66. The van der Waals surface area contributed by atoms with Gasteiger partial charge in [-0.05, 0) is 77.5 Å². The molecule has 2 N–H and O–H groups in total. The molecule has 0 aliphatic carbocycles. The quantitative estimate of drug-likeness (QED) is 0.860. The van der Waals surface area contributed by atoms with Gasteiger partial charge in [0, 0.05) is 18.1 Å². The first-order valence-electron chi connectivity index (χ1n) is 8.82. The summed E-state index contributed by atoms with van der Waals surface area (Å²) in [6, 6.07) is 0.699. The molecule has 2 saturated heterocycles. The third-order valence-corrected chi connectivity index (χ3v) is 5.91. The second-order valence-electron chi connectivity index (χ2n) is 7.18. The van der Waals surface area contributed by atoms with Crippen LogP contribution in [-0.2, 0) is 0 Å². The van der Waals surface area contributed by atoms with Gasteiger partial charge in [-0.25, -0.2) is 0 Å². The van der Waals surface area contributed by atoms with E-state index in [-0.39, 0.29) is 5.54 Å². The van der Waals surface area contributed by atoms with Crippen molar-refractivity contribution in [1.82, 2.24) is 9.80 Å². The summed E-state index contributed by atoms with van der Waals surface area (Å²) in [4.78, 5) is 5.44. The molecule has 118 valence electrons. The van der Waals surface area contributed by atoms with Crippen molar-refractivity contribution in [2.24, 2.45) is 11.7 Å². The van der Waals surface area contributed by atoms with Crippen molar-refractivity contribution < 1.29 is 0 Å². The van der Waals surface area contributed by atoms with Gasteiger partial charge in [-0.2, -0.15) is 0 Å². The van der Waals surface area contributed by atoms with E-state index in [1.807, 2.05) is 0 Å². The van der Waals surface area contributed by atoms with Crippen LogP contribution >= 0.6 is 0 Å². The molecule has 3 atom stereocenters. The van der Waals surface area contributed by atoms with Gasteiger partial charge in [-0.1, -0.05) is 13.8 Å². The van der Waals surface area contributed by atoms with E-state index >= 15 is 0 Å². The molecule has 2 aliphatic heterocycles. The van der Waals surface area contributed by atoms with Crippen LogP contribution in [0.15, 0.2) is 0 Å². The van der Waals surface area contributed by atoms with E-state index < -0.39 is 0 Å². The van der Waals surface area contributed by atoms with Gasteiger partial charge < -0.3 is 10.6 Å². The van der Waals surface area contributed by atoms with E-state index in [2.05, 4.69) is 30.6 Å². The number of hydrogen-bond donors (Lipinski definition) is 1. The molecule has 0 bridgehead atoms. The standard InChI is InChI=1S/C17H35N3/c1-4-10-19-11-6-8-17(14-18,9-13-19)20-12-5-7-15(2)16(20)3/h15-16H,4-14,18H2,1-3H3. The molecule has 3 nitrogen and oxygen atoms in total. The first kappa shape index (κ1) is 16.3. The summed E-state index contributed by atoms with van der Waals surface area (Å²) in [6.07, 6.45) is 7.88. The fourth-order valence-electron chi connectivity index (χ4n) is 4.39. The Balaban J connectivity index is 2.08. The Morgan fingerprint density at radius 3 is 2.60 bits per heavy atom. The number of rotatable bonds is 4. The Hall–Kier alpha value is -0.120. The molecular weight excluding hydrogens is 246 g/mol. The predicted molar refractivity (Wildman–Crippen MR) is 86.9 cm³/mol. The van der Waals surface area contributed by atoms with Gasteiger partial charge in [-0.15, -0.1) is 0 Å². The largest absolute Gasteiger partial charge is 0.329 e. The highest BCUT2D eigenvalue weighted by atomic mass is 15.3. The fourth-order valence-corrected chi connectivity index (χ4v) is 4.39. The Morgan fingerprint density at radius 1 is 1.10 bits per heavy atom. The molecule has 2 aliphatic rings. The highest BCUT2D eigenvalue weighted by Crippen LogP contribution is 2.35. The molecule has 0 aromatic heterocycles. The molecular formula is C17H35N3. The van der Waals surface area contributed by atoms with Gasteiger partial charge >= 0.3 is 0 Å². The van der Waals surface area contributed by atoms with Crippen molar-refractivity contribution in [2.75, 3.05) is 32.7 Å². The lowest BCUT2D eigenvalue weighted by Crippen LogP contribution is -2.60. The molecule has 2 rings (SSSR count). The van der Waals surface area contributed by atoms with Crippen molar-refractivity contribution in [3.05, 3.63) is 0 Å². The van der Waals surface area contributed by atoms with Crippen LogP contribution in [0.25, 0.3) is 0 Å². The summed E-state index contributed by atoms with van der Waals surface area (Å²) in [5.74, 6) is 0.821. The highest BCUT2D eigenvalue weighted by Gasteiger charge is 2.41. The van der Waals surface area contributed by atoms with Gasteiger partial charge in [0.1, 0.15) is 0 Å². The van der Waals surface area contributed by atoms with Crippen LogP contribution < -0.4 is 5.73 Å². The average molecular weight is 281 g/mol. The minimum absolute atomic E-state index is 0.274. The van der Waals surface area contributed by atoms with Crippen molar-refractivity contribution in [2.45, 2.75) is 70.9 Å². The maximum Gasteiger partial charge on any atom is 0.0347 e. The third-order valence-electron chi connectivity index (χ3n) is 5.91. The molecule has 3 heteroatoms. The van der Waals surface area contributed by atoms with Crippen molar-refractivity contribution in [1.29, 1.82) is 0 Å². The lowest BCUT2D eigenvalue weighted by atomic mass is 9.81. The van der Waals surface area contributed by atoms with Crippen LogP contribution in [0.2, 0.25) is 0 Å². The van der Waals surface area contributed by atoms with Gasteiger partial charge in [0.2, 0.25) is 0 Å². The van der Waals surface area contributed by atoms with Gasteiger partial charge in [0.25, 0.3) is 0 Å². The molecule has 0 aromatic rings. The van der Waals surface area contributed by atoms with Gasteiger partial charge in [0.05, 0.1) is 0 Å². The Morgan fingerprint density at radius 2 is 1.90 bits per heavy atom. The number of nitrogens with two attached hydrogens (primary N) is 1. The maximum atomic E-state index is 6.31. The SMILES string of the molecule is CCCN1CCCC(CN)(N2CCCC(C)C2C)CC1. The van der Waals surface area contributed by atoms with Crippen molar-refractivity contribution in [3.8, 4) is 0 Å². The van der Waals surface area contributed by atoms with E-state index in [0.29, 0.717) is 6.04 Å². The molecule has 2 fully saturated rings. The Bertz CT molecular complexity index is 294. The lowest BCUT2D eigenvalue weighted by Gasteiger charge is -2.50. The minimum atomic E-state index is 0.274. The molecule has 0 aromatic carbocycles. The topological polar surface area (TPSA) is 32.5 Å². The van der Waals surface area contributed by atoms with E-state index in [4.69, 9.17) is 5.73 Å². The second-order valence-corrected chi connectivity index (χ2v) is 7.18. The van der Waals surface area contributed by atoms with Crippen molar-refractivity contribution in [3.63, 3.8) is 0 Å². The highest BCUT2D eigenvalue weighted by molar-refractivity contribution is 4.98. The summed E-state index contributed by atoms with van der Waals surface area (Å²) in [5.41, 5.74) is 6.58. The minimum Gasteiger partial charge on any atom is -0.329 e. The van der Waals surface area contributed by atoms with E-state index in [9.17, 15) is 0 Å². The predicted octanol–water partition coefficient (Wildman–Crippen LogP) is 2.70. The zero-order chi connectivity index (χ0) is 14.6. The number of likely N-dealkylation sites (tertiary alicyclic amines) is 2. The smallest absolute Gasteiger partial charge is 0.0347 e. The van der Waals surface area contributed by atoms with E-state index in [1.165, 1.54) is 64.7 Å².